The minimum Gasteiger partial charge on any atom is -0.270 e. The molecule has 0 aromatic carbocycles. The van der Waals surface area contributed by atoms with E-state index in [1.54, 1.807) is 0 Å². The predicted molar refractivity (Wildman–Crippen MR) is 49.8 cm³/mol. The SMILES string of the molecule is CCCC[C@@H](F)CCOS(C)(=O)=O. The maximum atomic E-state index is 12.9. The maximum Gasteiger partial charge on any atom is 0.264 e. The van der Waals surface area contributed by atoms with Crippen LogP contribution in [-0.2, 0) is 14.3 Å². The largest absolute Gasteiger partial charge is 0.270 e. The van der Waals surface area contributed by atoms with Gasteiger partial charge in [-0.05, 0) is 6.42 Å². The maximum absolute atomic E-state index is 12.9. The van der Waals surface area contributed by atoms with Crippen LogP contribution in [-0.4, -0.2) is 27.5 Å². The van der Waals surface area contributed by atoms with Gasteiger partial charge in [-0.2, -0.15) is 8.42 Å². The van der Waals surface area contributed by atoms with Crippen molar-refractivity contribution in [1.82, 2.24) is 0 Å². The van der Waals surface area contributed by atoms with Gasteiger partial charge in [0.15, 0.2) is 0 Å². The third-order valence-electron chi connectivity index (χ3n) is 1.60. The number of hydrogen-bond donors (Lipinski definition) is 0. The first-order chi connectivity index (χ1) is 5.95. The molecule has 5 heteroatoms. The van der Waals surface area contributed by atoms with Crippen molar-refractivity contribution < 1.29 is 17.0 Å². The fourth-order valence-corrected chi connectivity index (χ4v) is 1.30. The van der Waals surface area contributed by atoms with Crippen molar-refractivity contribution in [3.8, 4) is 0 Å². The van der Waals surface area contributed by atoms with E-state index in [0.29, 0.717) is 6.42 Å². The predicted octanol–water partition coefficient (Wildman–Crippen LogP) is 1.88. The lowest BCUT2D eigenvalue weighted by molar-refractivity contribution is 0.228. The van der Waals surface area contributed by atoms with Crippen LogP contribution in [0.25, 0.3) is 0 Å². The van der Waals surface area contributed by atoms with Crippen LogP contribution in [0, 0.1) is 0 Å². The molecule has 0 amide bonds. The lowest BCUT2D eigenvalue weighted by Crippen LogP contribution is -2.09. The summed E-state index contributed by atoms with van der Waals surface area (Å²) in [5.41, 5.74) is 0. The molecule has 0 bridgehead atoms. The molecule has 13 heavy (non-hydrogen) atoms. The second-order valence-corrected chi connectivity index (χ2v) is 4.70. The lowest BCUT2D eigenvalue weighted by Gasteiger charge is -2.06. The molecule has 0 aromatic heterocycles. The van der Waals surface area contributed by atoms with Crippen LogP contribution in [0.2, 0.25) is 0 Å². The summed E-state index contributed by atoms with van der Waals surface area (Å²) < 4.78 is 38.3. The Morgan fingerprint density at radius 3 is 2.46 bits per heavy atom. The molecule has 0 radical (unpaired) electrons. The fourth-order valence-electron chi connectivity index (χ4n) is 0.897. The summed E-state index contributed by atoms with van der Waals surface area (Å²) in [6.07, 6.45) is 2.46. The van der Waals surface area contributed by atoms with Gasteiger partial charge in [0.2, 0.25) is 0 Å². The minimum atomic E-state index is -3.41. The summed E-state index contributed by atoms with van der Waals surface area (Å²) in [5, 5.41) is 0. The van der Waals surface area contributed by atoms with Gasteiger partial charge in [0.1, 0.15) is 6.17 Å². The van der Waals surface area contributed by atoms with E-state index in [4.69, 9.17) is 0 Å². The third kappa shape index (κ3) is 9.76. The van der Waals surface area contributed by atoms with Gasteiger partial charge >= 0.3 is 0 Å². The van der Waals surface area contributed by atoms with E-state index in [-0.39, 0.29) is 13.0 Å². The Labute approximate surface area is 79.4 Å². The van der Waals surface area contributed by atoms with Gasteiger partial charge in [-0.15, -0.1) is 0 Å². The first kappa shape index (κ1) is 12.8. The Balaban J connectivity index is 3.42. The zero-order chi connectivity index (χ0) is 10.3. The molecule has 0 saturated heterocycles. The van der Waals surface area contributed by atoms with Crippen molar-refractivity contribution in [2.75, 3.05) is 12.9 Å². The van der Waals surface area contributed by atoms with Crippen molar-refractivity contribution in [3.05, 3.63) is 0 Å². The molecule has 0 fully saturated rings. The molecule has 0 saturated carbocycles. The Morgan fingerprint density at radius 1 is 1.38 bits per heavy atom. The van der Waals surface area contributed by atoms with Crippen LogP contribution in [0.4, 0.5) is 4.39 Å². The Morgan fingerprint density at radius 2 is 2.00 bits per heavy atom. The normalized spacial score (nSPS) is 14.4. The van der Waals surface area contributed by atoms with E-state index in [0.717, 1.165) is 19.1 Å². The molecule has 0 unspecified atom stereocenters. The summed E-state index contributed by atoms with van der Waals surface area (Å²) in [6.45, 7) is 1.93. The van der Waals surface area contributed by atoms with Gasteiger partial charge in [0.25, 0.3) is 10.1 Å². The summed E-state index contributed by atoms with van der Waals surface area (Å²) in [6, 6.07) is 0. The molecule has 0 aromatic rings. The van der Waals surface area contributed by atoms with E-state index >= 15 is 0 Å². The molecule has 0 spiro atoms. The first-order valence-corrected chi connectivity index (χ1v) is 6.26. The van der Waals surface area contributed by atoms with Crippen molar-refractivity contribution in [2.24, 2.45) is 0 Å². The van der Waals surface area contributed by atoms with Crippen LogP contribution >= 0.6 is 0 Å². The van der Waals surface area contributed by atoms with Gasteiger partial charge in [0.05, 0.1) is 12.9 Å². The highest BCUT2D eigenvalue weighted by atomic mass is 32.2. The molecule has 80 valence electrons. The van der Waals surface area contributed by atoms with Crippen LogP contribution < -0.4 is 0 Å². The van der Waals surface area contributed by atoms with E-state index in [1.165, 1.54) is 0 Å². The highest BCUT2D eigenvalue weighted by Gasteiger charge is 2.08. The topological polar surface area (TPSA) is 43.4 Å². The number of rotatable bonds is 7. The molecule has 3 nitrogen and oxygen atoms in total. The van der Waals surface area contributed by atoms with Gasteiger partial charge in [-0.25, -0.2) is 4.39 Å². The molecule has 1 atom stereocenters. The molecule has 0 heterocycles. The highest BCUT2D eigenvalue weighted by molar-refractivity contribution is 7.85. The van der Waals surface area contributed by atoms with Crippen molar-refractivity contribution in [1.29, 1.82) is 0 Å². The molecular weight excluding hydrogens is 195 g/mol. The molecule has 0 N–H and O–H groups in total. The van der Waals surface area contributed by atoms with Crippen molar-refractivity contribution >= 4 is 10.1 Å². The average Bonchev–Trinajstić information content (AvgIpc) is 1.98. The highest BCUT2D eigenvalue weighted by Crippen LogP contribution is 2.08. The summed E-state index contributed by atoms with van der Waals surface area (Å²) in [7, 11) is -3.41. The lowest BCUT2D eigenvalue weighted by atomic mass is 10.1. The van der Waals surface area contributed by atoms with E-state index in [9.17, 15) is 12.8 Å². The molecular formula is C8H17FO3S. The monoisotopic (exact) mass is 212 g/mol. The van der Waals surface area contributed by atoms with Crippen LogP contribution in [0.15, 0.2) is 0 Å². The van der Waals surface area contributed by atoms with Gasteiger partial charge < -0.3 is 0 Å². The molecule has 0 aliphatic rings. The van der Waals surface area contributed by atoms with E-state index < -0.39 is 16.3 Å². The zero-order valence-corrected chi connectivity index (χ0v) is 8.94. The second kappa shape index (κ2) is 6.32. The van der Waals surface area contributed by atoms with E-state index in [2.05, 4.69) is 4.18 Å². The first-order valence-electron chi connectivity index (χ1n) is 4.44. The number of halogens is 1. The fraction of sp³-hybridized carbons (Fsp3) is 1.00. The molecule has 0 aliphatic carbocycles. The smallest absolute Gasteiger partial charge is 0.264 e. The molecule has 0 rings (SSSR count). The zero-order valence-electron chi connectivity index (χ0n) is 8.12. The summed E-state index contributed by atoms with van der Waals surface area (Å²) in [4.78, 5) is 0. The second-order valence-electron chi connectivity index (χ2n) is 3.05. The van der Waals surface area contributed by atoms with Crippen LogP contribution in [0.1, 0.15) is 32.6 Å². The average molecular weight is 212 g/mol. The Hall–Kier alpha value is -0.160. The van der Waals surface area contributed by atoms with Crippen LogP contribution in [0.3, 0.4) is 0 Å². The van der Waals surface area contributed by atoms with Gasteiger partial charge in [-0.3, -0.25) is 4.18 Å². The Kier molecular flexibility index (Phi) is 6.24. The van der Waals surface area contributed by atoms with Crippen molar-refractivity contribution in [3.63, 3.8) is 0 Å². The van der Waals surface area contributed by atoms with Gasteiger partial charge in [0, 0.05) is 6.42 Å². The number of unbranched alkanes of at least 4 members (excludes halogenated alkanes) is 1. The summed E-state index contributed by atoms with van der Waals surface area (Å²) in [5.74, 6) is 0. The van der Waals surface area contributed by atoms with Crippen molar-refractivity contribution in [2.45, 2.75) is 38.8 Å². The standard InChI is InChI=1S/C8H17FO3S/c1-3-4-5-8(9)6-7-12-13(2,10)11/h8H,3-7H2,1-2H3/t8-/m1/s1. The van der Waals surface area contributed by atoms with Gasteiger partial charge in [-0.1, -0.05) is 19.8 Å². The van der Waals surface area contributed by atoms with E-state index in [1.807, 2.05) is 6.92 Å². The van der Waals surface area contributed by atoms with Crippen LogP contribution in [0.5, 0.6) is 0 Å². The Bertz CT molecular complexity index is 213. The molecule has 0 aliphatic heterocycles. The third-order valence-corrected chi connectivity index (χ3v) is 2.19. The quantitative estimate of drug-likeness (QED) is 0.605. The summed E-state index contributed by atoms with van der Waals surface area (Å²) >= 11 is 0. The number of alkyl halides is 1. The minimum absolute atomic E-state index is 0.0519. The number of hydrogen-bond acceptors (Lipinski definition) is 3.